The quantitative estimate of drug-likeness (QED) is 0.680. The second kappa shape index (κ2) is 5.82. The number of fused-ring (bicyclic) bond motifs is 5. The van der Waals surface area contributed by atoms with Crippen molar-refractivity contribution < 1.29 is 5.11 Å². The van der Waals surface area contributed by atoms with Crippen molar-refractivity contribution in [1.82, 2.24) is 0 Å². The molecule has 0 aliphatic heterocycles. The van der Waals surface area contributed by atoms with Crippen LogP contribution in [0, 0.1) is 34.5 Å². The topological polar surface area (TPSA) is 72.3 Å². The molecule has 0 spiro atoms. The fraction of sp³-hybridized carbons (Fsp3) is 0.905. The average Bonchev–Trinajstić information content (AvgIpc) is 2.95. The van der Waals surface area contributed by atoms with Crippen molar-refractivity contribution in [2.75, 3.05) is 6.61 Å². The van der Waals surface area contributed by atoms with Crippen molar-refractivity contribution in [3.63, 3.8) is 0 Å². The Morgan fingerprint density at radius 2 is 2.00 bits per heavy atom. The van der Waals surface area contributed by atoms with Crippen LogP contribution < -0.4 is 11.5 Å². The highest BCUT2D eigenvalue weighted by atomic mass is 16.3. The zero-order valence-electron chi connectivity index (χ0n) is 15.5. The summed E-state index contributed by atoms with van der Waals surface area (Å²) in [5.41, 5.74) is 14.7. The Morgan fingerprint density at radius 1 is 1.21 bits per heavy atom. The van der Waals surface area contributed by atoms with Crippen molar-refractivity contribution in [2.24, 2.45) is 46.0 Å². The van der Waals surface area contributed by atoms with Gasteiger partial charge in [-0.25, -0.2) is 0 Å². The molecule has 0 amide bonds. The maximum absolute atomic E-state index is 10.4. The van der Waals surface area contributed by atoms with Gasteiger partial charge in [-0.05, 0) is 87.4 Å². The van der Waals surface area contributed by atoms with Gasteiger partial charge in [0.2, 0.25) is 0 Å². The van der Waals surface area contributed by atoms with Crippen LogP contribution in [0.15, 0.2) is 11.6 Å². The third kappa shape index (κ3) is 2.20. The molecule has 136 valence electrons. The number of nitrogens with two attached hydrogens (primary N) is 2. The Kier molecular flexibility index (Phi) is 4.14. The molecule has 0 bridgehead atoms. The van der Waals surface area contributed by atoms with Crippen LogP contribution in [-0.2, 0) is 0 Å². The zero-order chi connectivity index (χ0) is 17.1. The lowest BCUT2D eigenvalue weighted by molar-refractivity contribution is -0.0802. The highest BCUT2D eigenvalue weighted by Crippen LogP contribution is 2.66. The normalized spacial score (nSPS) is 52.0. The maximum Gasteiger partial charge on any atom is 0.0493 e. The summed E-state index contributed by atoms with van der Waals surface area (Å²) >= 11 is 0. The second-order valence-corrected chi connectivity index (χ2v) is 9.74. The van der Waals surface area contributed by atoms with E-state index in [1.165, 1.54) is 44.9 Å². The second-order valence-electron chi connectivity index (χ2n) is 9.74. The highest BCUT2D eigenvalue weighted by Gasteiger charge is 2.60. The molecule has 4 aliphatic rings. The molecule has 0 unspecified atom stereocenters. The van der Waals surface area contributed by atoms with Gasteiger partial charge in [-0.3, -0.25) is 0 Å². The van der Waals surface area contributed by atoms with E-state index in [4.69, 9.17) is 11.5 Å². The lowest BCUT2D eigenvalue weighted by Crippen LogP contribution is -2.54. The molecule has 3 fully saturated rings. The lowest BCUT2D eigenvalue weighted by atomic mass is 9.47. The van der Waals surface area contributed by atoms with Crippen molar-refractivity contribution in [1.29, 1.82) is 0 Å². The fourth-order valence-corrected chi connectivity index (χ4v) is 7.64. The van der Waals surface area contributed by atoms with Crippen molar-refractivity contribution >= 4 is 0 Å². The molecular formula is C21H36N2O. The molecule has 3 saturated carbocycles. The minimum atomic E-state index is 0.0993. The SMILES string of the molecule is C[C@@H](N)[C@H]1CC[C@@H]2[C@@H]3CC=C4C[C@@H](N)CC[C@@]4(C)[C@H]3CC[C@@]21CO. The number of allylic oxidation sites excluding steroid dienone is 1. The van der Waals surface area contributed by atoms with E-state index in [1.807, 2.05) is 0 Å². The Hall–Kier alpha value is -0.380. The minimum absolute atomic E-state index is 0.0993. The Balaban J connectivity index is 1.67. The van der Waals surface area contributed by atoms with Gasteiger partial charge >= 0.3 is 0 Å². The third-order valence-corrected chi connectivity index (χ3v) is 8.85. The molecule has 3 heteroatoms. The Labute approximate surface area is 147 Å². The number of aliphatic hydroxyl groups excluding tert-OH is 1. The summed E-state index contributed by atoms with van der Waals surface area (Å²) < 4.78 is 0. The molecule has 24 heavy (non-hydrogen) atoms. The lowest BCUT2D eigenvalue weighted by Gasteiger charge is -2.58. The van der Waals surface area contributed by atoms with Gasteiger partial charge in [-0.1, -0.05) is 18.6 Å². The van der Waals surface area contributed by atoms with E-state index in [9.17, 15) is 5.11 Å². The minimum Gasteiger partial charge on any atom is -0.396 e. The van der Waals surface area contributed by atoms with Gasteiger partial charge in [-0.2, -0.15) is 0 Å². The molecule has 0 aromatic heterocycles. The fourth-order valence-electron chi connectivity index (χ4n) is 7.64. The van der Waals surface area contributed by atoms with Gasteiger partial charge in [0.15, 0.2) is 0 Å². The first-order valence-electron chi connectivity index (χ1n) is 10.2. The summed E-state index contributed by atoms with van der Waals surface area (Å²) in [6.07, 6.45) is 12.2. The number of aliphatic hydroxyl groups is 1. The molecule has 3 nitrogen and oxygen atoms in total. The Morgan fingerprint density at radius 3 is 2.71 bits per heavy atom. The maximum atomic E-state index is 10.4. The van der Waals surface area contributed by atoms with Crippen LogP contribution >= 0.6 is 0 Å². The van der Waals surface area contributed by atoms with E-state index in [0.717, 1.165) is 18.3 Å². The van der Waals surface area contributed by atoms with Gasteiger partial charge < -0.3 is 16.6 Å². The largest absolute Gasteiger partial charge is 0.396 e. The van der Waals surface area contributed by atoms with Crippen LogP contribution in [0.2, 0.25) is 0 Å². The van der Waals surface area contributed by atoms with E-state index < -0.39 is 0 Å². The molecule has 0 heterocycles. The third-order valence-electron chi connectivity index (χ3n) is 8.85. The molecule has 0 aromatic rings. The number of rotatable bonds is 2. The standard InChI is InChI=1S/C21H36N2O/c1-13(22)17-5-6-19-16-4-3-14-11-15(23)7-9-20(14,2)18(16)8-10-21(17,19)12-24/h3,13,15-19,24H,4-12,22-23H2,1-2H3/t13-,15+,16-,17-,18+,19-,20-,21+/m1/s1. The average molecular weight is 333 g/mol. The molecule has 0 aromatic carbocycles. The molecule has 0 radical (unpaired) electrons. The smallest absolute Gasteiger partial charge is 0.0493 e. The van der Waals surface area contributed by atoms with Gasteiger partial charge in [-0.15, -0.1) is 0 Å². The first kappa shape index (κ1) is 17.1. The van der Waals surface area contributed by atoms with Gasteiger partial charge in [0.05, 0.1) is 0 Å². The molecule has 4 aliphatic carbocycles. The van der Waals surface area contributed by atoms with Gasteiger partial charge in [0.25, 0.3) is 0 Å². The van der Waals surface area contributed by atoms with Crippen molar-refractivity contribution in [3.8, 4) is 0 Å². The summed E-state index contributed by atoms with van der Waals surface area (Å²) in [7, 11) is 0. The van der Waals surface area contributed by atoms with E-state index in [-0.39, 0.29) is 11.5 Å². The first-order valence-corrected chi connectivity index (χ1v) is 10.2. The predicted octanol–water partition coefficient (Wildman–Crippen LogP) is 3.21. The summed E-state index contributed by atoms with van der Waals surface area (Å²) in [5, 5.41) is 10.4. The molecule has 0 saturated heterocycles. The molecule has 4 rings (SSSR count). The summed E-state index contributed by atoms with van der Waals surface area (Å²) in [6.45, 7) is 5.01. The number of hydrogen-bond donors (Lipinski definition) is 3. The van der Waals surface area contributed by atoms with E-state index in [2.05, 4.69) is 19.9 Å². The molecular weight excluding hydrogens is 296 g/mol. The Bertz CT molecular complexity index is 530. The van der Waals surface area contributed by atoms with E-state index >= 15 is 0 Å². The van der Waals surface area contributed by atoms with E-state index in [1.54, 1.807) is 5.57 Å². The summed E-state index contributed by atoms with van der Waals surface area (Å²) in [5.74, 6) is 2.72. The predicted molar refractivity (Wildman–Crippen MR) is 98.2 cm³/mol. The first-order chi connectivity index (χ1) is 11.4. The molecule has 5 N–H and O–H groups in total. The van der Waals surface area contributed by atoms with Crippen LogP contribution in [0.1, 0.15) is 65.2 Å². The monoisotopic (exact) mass is 332 g/mol. The zero-order valence-corrected chi connectivity index (χ0v) is 15.5. The van der Waals surface area contributed by atoms with Crippen LogP contribution in [-0.4, -0.2) is 23.8 Å². The van der Waals surface area contributed by atoms with Crippen molar-refractivity contribution in [3.05, 3.63) is 11.6 Å². The van der Waals surface area contributed by atoms with Crippen LogP contribution in [0.3, 0.4) is 0 Å². The van der Waals surface area contributed by atoms with Crippen LogP contribution in [0.5, 0.6) is 0 Å². The van der Waals surface area contributed by atoms with Gasteiger partial charge in [0.1, 0.15) is 0 Å². The number of hydrogen-bond acceptors (Lipinski definition) is 3. The van der Waals surface area contributed by atoms with Crippen molar-refractivity contribution in [2.45, 2.75) is 77.3 Å². The van der Waals surface area contributed by atoms with E-state index in [0.29, 0.717) is 29.9 Å². The summed E-state index contributed by atoms with van der Waals surface area (Å²) in [6, 6.07) is 0.576. The summed E-state index contributed by atoms with van der Waals surface area (Å²) in [4.78, 5) is 0. The highest BCUT2D eigenvalue weighted by molar-refractivity contribution is 5.26. The molecule has 8 atom stereocenters. The van der Waals surface area contributed by atoms with Crippen LogP contribution in [0.25, 0.3) is 0 Å². The van der Waals surface area contributed by atoms with Gasteiger partial charge in [0, 0.05) is 24.1 Å². The van der Waals surface area contributed by atoms with Crippen LogP contribution in [0.4, 0.5) is 0 Å².